The molecule has 2 aromatic carbocycles. The Labute approximate surface area is 198 Å². The Morgan fingerprint density at radius 3 is 2.56 bits per heavy atom. The van der Waals surface area contributed by atoms with Crippen molar-refractivity contribution < 1.29 is 24.2 Å². The standard InChI is InChI=1S/C27H26N2O5/c1-3-15-34-20-8-6-7-19(16-20)25(30)23-24(21-9-4-5-10-22(21)33-2)29(27(32)26(23)31)17-18-11-13-28-14-12-18/h4-14,16,24,30H,3,15,17H2,1-2H3/b25-23-. The minimum Gasteiger partial charge on any atom is -0.507 e. The van der Waals surface area contributed by atoms with E-state index in [0.29, 0.717) is 29.2 Å². The van der Waals surface area contributed by atoms with Crippen molar-refractivity contribution >= 4 is 17.4 Å². The highest BCUT2D eigenvalue weighted by molar-refractivity contribution is 6.46. The van der Waals surface area contributed by atoms with Gasteiger partial charge in [-0.1, -0.05) is 37.3 Å². The average Bonchev–Trinajstić information content (AvgIpc) is 3.12. The first-order chi connectivity index (χ1) is 16.5. The van der Waals surface area contributed by atoms with Crippen LogP contribution in [-0.2, 0) is 16.1 Å². The molecule has 0 saturated carbocycles. The van der Waals surface area contributed by atoms with Crippen molar-refractivity contribution in [3.63, 3.8) is 0 Å². The highest BCUT2D eigenvalue weighted by Gasteiger charge is 2.47. The first-order valence-corrected chi connectivity index (χ1v) is 11.1. The third-order valence-corrected chi connectivity index (χ3v) is 5.66. The zero-order chi connectivity index (χ0) is 24.1. The first kappa shape index (κ1) is 23.0. The van der Waals surface area contributed by atoms with Crippen molar-refractivity contribution in [3.05, 3.63) is 95.3 Å². The molecule has 1 aliphatic heterocycles. The number of amides is 1. The molecule has 174 valence electrons. The molecule has 4 rings (SSSR count). The number of aromatic nitrogens is 1. The van der Waals surface area contributed by atoms with Gasteiger partial charge in [0.05, 0.1) is 25.3 Å². The zero-order valence-electron chi connectivity index (χ0n) is 19.1. The van der Waals surface area contributed by atoms with Gasteiger partial charge in [0.25, 0.3) is 11.7 Å². The maximum atomic E-state index is 13.3. The van der Waals surface area contributed by atoms with Crippen LogP contribution in [0.15, 0.2) is 78.6 Å². The van der Waals surface area contributed by atoms with E-state index in [1.807, 2.05) is 19.1 Å². The number of methoxy groups -OCH3 is 1. The summed E-state index contributed by atoms with van der Waals surface area (Å²) in [5, 5.41) is 11.3. The first-order valence-electron chi connectivity index (χ1n) is 11.1. The SMILES string of the molecule is CCCOc1cccc(/C(O)=C2/C(=O)C(=O)N(Cc3ccncc3)C2c2ccccc2OC)c1. The van der Waals surface area contributed by atoms with Gasteiger partial charge in [-0.15, -0.1) is 0 Å². The van der Waals surface area contributed by atoms with Gasteiger partial charge >= 0.3 is 0 Å². The summed E-state index contributed by atoms with van der Waals surface area (Å²) in [6, 6.07) is 16.8. The van der Waals surface area contributed by atoms with Gasteiger partial charge in [0.1, 0.15) is 17.3 Å². The van der Waals surface area contributed by atoms with E-state index in [2.05, 4.69) is 4.98 Å². The van der Waals surface area contributed by atoms with Crippen LogP contribution >= 0.6 is 0 Å². The van der Waals surface area contributed by atoms with Crippen molar-refractivity contribution in [2.75, 3.05) is 13.7 Å². The molecule has 1 amide bonds. The second kappa shape index (κ2) is 10.2. The Balaban J connectivity index is 1.86. The van der Waals surface area contributed by atoms with Crippen molar-refractivity contribution in [2.24, 2.45) is 0 Å². The number of carbonyl (C=O) groups is 2. The predicted octanol–water partition coefficient (Wildman–Crippen LogP) is 4.50. The number of ketones is 1. The Morgan fingerprint density at radius 2 is 1.82 bits per heavy atom. The number of hydrogen-bond acceptors (Lipinski definition) is 6. The highest BCUT2D eigenvalue weighted by Crippen LogP contribution is 2.43. The largest absolute Gasteiger partial charge is 0.507 e. The van der Waals surface area contributed by atoms with Crippen LogP contribution in [0.25, 0.3) is 5.76 Å². The number of rotatable bonds is 8. The second-order valence-corrected chi connectivity index (χ2v) is 7.90. The molecule has 0 spiro atoms. The summed E-state index contributed by atoms with van der Waals surface area (Å²) in [4.78, 5) is 31.9. The molecule has 1 unspecified atom stereocenters. The van der Waals surface area contributed by atoms with E-state index in [1.54, 1.807) is 60.9 Å². The Kier molecular flexibility index (Phi) is 6.92. The van der Waals surface area contributed by atoms with E-state index in [-0.39, 0.29) is 17.9 Å². The van der Waals surface area contributed by atoms with Gasteiger partial charge in [0.15, 0.2) is 0 Å². The van der Waals surface area contributed by atoms with Gasteiger partial charge in [0.2, 0.25) is 0 Å². The number of aliphatic hydroxyl groups excluding tert-OH is 1. The summed E-state index contributed by atoms with van der Waals surface area (Å²) >= 11 is 0. The van der Waals surface area contributed by atoms with E-state index in [1.165, 1.54) is 12.0 Å². The Bertz CT molecular complexity index is 1220. The lowest BCUT2D eigenvalue weighted by Gasteiger charge is -2.26. The van der Waals surface area contributed by atoms with Crippen LogP contribution in [0.5, 0.6) is 11.5 Å². The third-order valence-electron chi connectivity index (χ3n) is 5.66. The van der Waals surface area contributed by atoms with Crippen LogP contribution in [0.3, 0.4) is 0 Å². The maximum Gasteiger partial charge on any atom is 0.295 e. The molecular formula is C27H26N2O5. The van der Waals surface area contributed by atoms with Crippen molar-refractivity contribution in [3.8, 4) is 11.5 Å². The Hall–Kier alpha value is -4.13. The number of benzene rings is 2. The number of ether oxygens (including phenoxy) is 2. The van der Waals surface area contributed by atoms with Gasteiger partial charge in [-0.2, -0.15) is 0 Å². The average molecular weight is 459 g/mol. The smallest absolute Gasteiger partial charge is 0.295 e. The summed E-state index contributed by atoms with van der Waals surface area (Å²) in [5.74, 6) is -0.603. The zero-order valence-corrected chi connectivity index (χ0v) is 19.1. The number of carbonyl (C=O) groups excluding carboxylic acids is 2. The van der Waals surface area contributed by atoms with Gasteiger partial charge in [-0.05, 0) is 42.3 Å². The van der Waals surface area contributed by atoms with E-state index in [4.69, 9.17) is 9.47 Å². The highest BCUT2D eigenvalue weighted by atomic mass is 16.5. The minimum absolute atomic E-state index is 0.0104. The lowest BCUT2D eigenvalue weighted by atomic mass is 9.94. The van der Waals surface area contributed by atoms with E-state index in [9.17, 15) is 14.7 Å². The maximum absolute atomic E-state index is 13.3. The fraction of sp³-hybridized carbons (Fsp3) is 0.222. The predicted molar refractivity (Wildman–Crippen MR) is 127 cm³/mol. The van der Waals surface area contributed by atoms with Crippen LogP contribution in [0.2, 0.25) is 0 Å². The van der Waals surface area contributed by atoms with E-state index >= 15 is 0 Å². The van der Waals surface area contributed by atoms with Gasteiger partial charge in [-0.3, -0.25) is 14.6 Å². The summed E-state index contributed by atoms with van der Waals surface area (Å²) in [6.45, 7) is 2.70. The van der Waals surface area contributed by atoms with E-state index in [0.717, 1.165) is 12.0 Å². The molecular weight excluding hydrogens is 432 g/mol. The lowest BCUT2D eigenvalue weighted by Crippen LogP contribution is -2.29. The molecule has 34 heavy (non-hydrogen) atoms. The van der Waals surface area contributed by atoms with E-state index < -0.39 is 17.7 Å². The van der Waals surface area contributed by atoms with Crippen LogP contribution in [0.1, 0.15) is 36.1 Å². The molecule has 7 nitrogen and oxygen atoms in total. The van der Waals surface area contributed by atoms with Crippen molar-refractivity contribution in [2.45, 2.75) is 25.9 Å². The normalized spacial score (nSPS) is 17.1. The summed E-state index contributed by atoms with van der Waals surface area (Å²) in [7, 11) is 1.53. The molecule has 0 aliphatic carbocycles. The summed E-state index contributed by atoms with van der Waals surface area (Å²) in [5.41, 5.74) is 1.83. The molecule has 1 atom stereocenters. The fourth-order valence-electron chi connectivity index (χ4n) is 4.05. The minimum atomic E-state index is -0.829. The number of hydrogen-bond donors (Lipinski definition) is 1. The van der Waals surface area contributed by atoms with Crippen LogP contribution in [0, 0.1) is 0 Å². The summed E-state index contributed by atoms with van der Waals surface area (Å²) < 4.78 is 11.2. The second-order valence-electron chi connectivity index (χ2n) is 7.90. The molecule has 1 aliphatic rings. The van der Waals surface area contributed by atoms with Crippen LogP contribution in [-0.4, -0.2) is 40.4 Å². The quantitative estimate of drug-likeness (QED) is 0.304. The Morgan fingerprint density at radius 1 is 1.06 bits per heavy atom. The molecule has 0 bridgehead atoms. The number of para-hydroxylation sites is 1. The number of aliphatic hydroxyl groups is 1. The van der Waals surface area contributed by atoms with Gasteiger partial charge in [0, 0.05) is 30.1 Å². The lowest BCUT2D eigenvalue weighted by molar-refractivity contribution is -0.140. The van der Waals surface area contributed by atoms with Crippen molar-refractivity contribution in [1.29, 1.82) is 0 Å². The molecule has 1 N–H and O–H groups in total. The summed E-state index contributed by atoms with van der Waals surface area (Å²) in [6.07, 6.45) is 4.10. The molecule has 7 heteroatoms. The van der Waals surface area contributed by atoms with Gasteiger partial charge < -0.3 is 19.5 Å². The molecule has 1 aromatic heterocycles. The molecule has 1 fully saturated rings. The molecule has 2 heterocycles. The van der Waals surface area contributed by atoms with Crippen LogP contribution < -0.4 is 9.47 Å². The number of likely N-dealkylation sites (tertiary alicyclic amines) is 1. The van der Waals surface area contributed by atoms with Gasteiger partial charge in [-0.25, -0.2) is 0 Å². The third kappa shape index (κ3) is 4.50. The molecule has 0 radical (unpaired) electrons. The fourth-order valence-corrected chi connectivity index (χ4v) is 4.05. The monoisotopic (exact) mass is 458 g/mol. The van der Waals surface area contributed by atoms with Crippen molar-refractivity contribution in [1.82, 2.24) is 9.88 Å². The molecule has 3 aromatic rings. The topological polar surface area (TPSA) is 89.0 Å². The number of nitrogens with zero attached hydrogens (tertiary/aromatic N) is 2. The number of pyridine rings is 1. The number of Topliss-reactive ketones (excluding diaryl/α,β-unsaturated/α-hetero) is 1. The molecule has 1 saturated heterocycles. The van der Waals surface area contributed by atoms with Crippen LogP contribution in [0.4, 0.5) is 0 Å².